The number of carbonyl (C=O) groups is 1. The second-order valence-corrected chi connectivity index (χ2v) is 8.06. The number of benzene rings is 1. The summed E-state index contributed by atoms with van der Waals surface area (Å²) in [5.74, 6) is 1.51. The molecule has 3 rings (SSSR count). The van der Waals surface area contributed by atoms with Gasteiger partial charge in [0.25, 0.3) is 0 Å². The molecule has 0 spiro atoms. The van der Waals surface area contributed by atoms with Crippen LogP contribution in [0.2, 0.25) is 0 Å². The SMILES string of the molecule is C[C@@H]1C[C@H](C)CN([C@@H](C(=O)NC2CCCCC2)c2ccccc2)C1. The number of amides is 1. The molecule has 1 heterocycles. The Morgan fingerprint density at radius 2 is 1.67 bits per heavy atom. The van der Waals surface area contributed by atoms with Gasteiger partial charge in [0.15, 0.2) is 0 Å². The van der Waals surface area contributed by atoms with Crippen LogP contribution in [0.3, 0.4) is 0 Å². The summed E-state index contributed by atoms with van der Waals surface area (Å²) in [7, 11) is 0. The van der Waals surface area contributed by atoms with E-state index >= 15 is 0 Å². The Bertz CT molecular complexity index is 514. The van der Waals surface area contributed by atoms with Crippen molar-refractivity contribution in [3.63, 3.8) is 0 Å². The summed E-state index contributed by atoms with van der Waals surface area (Å²) >= 11 is 0. The van der Waals surface area contributed by atoms with Crippen LogP contribution in [0.15, 0.2) is 30.3 Å². The quantitative estimate of drug-likeness (QED) is 0.900. The molecule has 2 fully saturated rings. The lowest BCUT2D eigenvalue weighted by Gasteiger charge is -2.40. The van der Waals surface area contributed by atoms with E-state index in [-0.39, 0.29) is 11.9 Å². The van der Waals surface area contributed by atoms with Gasteiger partial charge in [0.2, 0.25) is 5.91 Å². The van der Waals surface area contributed by atoms with Crippen molar-refractivity contribution < 1.29 is 4.79 Å². The average molecular weight is 328 g/mol. The number of piperidine rings is 1. The van der Waals surface area contributed by atoms with Crippen molar-refractivity contribution in [3.05, 3.63) is 35.9 Å². The molecule has 3 nitrogen and oxygen atoms in total. The average Bonchev–Trinajstić information content (AvgIpc) is 2.56. The summed E-state index contributed by atoms with van der Waals surface area (Å²) in [6.45, 7) is 6.65. The van der Waals surface area contributed by atoms with Crippen molar-refractivity contribution in [2.24, 2.45) is 11.8 Å². The van der Waals surface area contributed by atoms with Gasteiger partial charge in [-0.3, -0.25) is 9.69 Å². The van der Waals surface area contributed by atoms with Gasteiger partial charge in [-0.2, -0.15) is 0 Å². The molecule has 1 N–H and O–H groups in total. The number of carbonyl (C=O) groups excluding carboxylic acids is 1. The standard InChI is InChI=1S/C21H32N2O/c1-16-13-17(2)15-23(14-16)20(18-9-5-3-6-10-18)21(24)22-19-11-7-4-8-12-19/h3,5-6,9-10,16-17,19-20H,4,7-8,11-15H2,1-2H3,(H,22,24)/t16-,17+,20-/m1/s1. The fourth-order valence-corrected chi connectivity index (χ4v) is 4.61. The summed E-state index contributed by atoms with van der Waals surface area (Å²) in [6.07, 6.45) is 7.36. The highest BCUT2D eigenvalue weighted by Crippen LogP contribution is 2.30. The number of likely N-dealkylation sites (tertiary alicyclic amines) is 1. The van der Waals surface area contributed by atoms with Crippen LogP contribution in [0.25, 0.3) is 0 Å². The largest absolute Gasteiger partial charge is 0.352 e. The molecule has 1 saturated heterocycles. The smallest absolute Gasteiger partial charge is 0.242 e. The Balaban J connectivity index is 1.77. The molecule has 3 atom stereocenters. The van der Waals surface area contributed by atoms with Crippen molar-refractivity contribution in [1.29, 1.82) is 0 Å². The highest BCUT2D eigenvalue weighted by molar-refractivity contribution is 5.83. The van der Waals surface area contributed by atoms with E-state index in [1.165, 1.54) is 25.7 Å². The number of nitrogens with zero attached hydrogens (tertiary/aromatic N) is 1. The maximum absolute atomic E-state index is 13.2. The molecular weight excluding hydrogens is 296 g/mol. The summed E-state index contributed by atoms with van der Waals surface area (Å²) in [5, 5.41) is 3.36. The zero-order valence-corrected chi connectivity index (χ0v) is 15.2. The third-order valence-electron chi connectivity index (χ3n) is 5.58. The molecule has 0 unspecified atom stereocenters. The normalized spacial score (nSPS) is 27.6. The van der Waals surface area contributed by atoms with Gasteiger partial charge in [-0.15, -0.1) is 0 Å². The maximum atomic E-state index is 13.2. The van der Waals surface area contributed by atoms with Gasteiger partial charge >= 0.3 is 0 Å². The molecule has 3 heteroatoms. The highest BCUT2D eigenvalue weighted by Gasteiger charge is 2.33. The first-order chi connectivity index (χ1) is 11.6. The molecular formula is C21H32N2O. The third-order valence-corrected chi connectivity index (χ3v) is 5.58. The van der Waals surface area contributed by atoms with Crippen molar-refractivity contribution in [3.8, 4) is 0 Å². The van der Waals surface area contributed by atoms with E-state index in [1.807, 2.05) is 18.2 Å². The first-order valence-electron chi connectivity index (χ1n) is 9.73. The number of rotatable bonds is 4. The van der Waals surface area contributed by atoms with E-state index < -0.39 is 0 Å². The highest BCUT2D eigenvalue weighted by atomic mass is 16.2. The Hall–Kier alpha value is -1.35. The second-order valence-electron chi connectivity index (χ2n) is 8.06. The molecule has 1 aromatic carbocycles. The van der Waals surface area contributed by atoms with Crippen LogP contribution >= 0.6 is 0 Å². The second kappa shape index (κ2) is 8.15. The Labute approximate surface area is 146 Å². The molecule has 0 bridgehead atoms. The molecule has 0 radical (unpaired) electrons. The topological polar surface area (TPSA) is 32.3 Å². The number of nitrogens with one attached hydrogen (secondary N) is 1. The lowest BCUT2D eigenvalue weighted by atomic mass is 9.89. The molecule has 1 aromatic rings. The molecule has 2 aliphatic rings. The summed E-state index contributed by atoms with van der Waals surface area (Å²) in [6, 6.07) is 10.6. The van der Waals surface area contributed by atoms with Crippen LogP contribution in [-0.4, -0.2) is 29.9 Å². The minimum atomic E-state index is -0.140. The lowest BCUT2D eigenvalue weighted by Crippen LogP contribution is -2.49. The minimum Gasteiger partial charge on any atom is -0.352 e. The van der Waals surface area contributed by atoms with E-state index in [0.717, 1.165) is 31.5 Å². The Morgan fingerprint density at radius 3 is 2.29 bits per heavy atom. The van der Waals surface area contributed by atoms with Gasteiger partial charge in [-0.05, 0) is 36.7 Å². The molecule has 24 heavy (non-hydrogen) atoms. The minimum absolute atomic E-state index is 0.140. The van der Waals surface area contributed by atoms with Gasteiger partial charge in [-0.25, -0.2) is 0 Å². The first kappa shape index (κ1) is 17.5. The molecule has 0 aromatic heterocycles. The van der Waals surface area contributed by atoms with Crippen LogP contribution in [0.5, 0.6) is 0 Å². The van der Waals surface area contributed by atoms with Crippen LogP contribution in [0.4, 0.5) is 0 Å². The van der Waals surface area contributed by atoms with Gasteiger partial charge in [0.1, 0.15) is 6.04 Å². The Kier molecular flexibility index (Phi) is 5.94. The van der Waals surface area contributed by atoms with E-state index in [1.54, 1.807) is 0 Å². The summed E-state index contributed by atoms with van der Waals surface area (Å²) in [4.78, 5) is 15.6. The molecule has 132 valence electrons. The van der Waals surface area contributed by atoms with Crippen molar-refractivity contribution >= 4 is 5.91 Å². The maximum Gasteiger partial charge on any atom is 0.242 e. The van der Waals surface area contributed by atoms with Crippen LogP contribution in [0, 0.1) is 11.8 Å². The van der Waals surface area contributed by atoms with E-state index in [4.69, 9.17) is 0 Å². The molecule has 1 aliphatic heterocycles. The van der Waals surface area contributed by atoms with Gasteiger partial charge < -0.3 is 5.32 Å². The zero-order chi connectivity index (χ0) is 16.9. The van der Waals surface area contributed by atoms with Crippen LogP contribution < -0.4 is 5.32 Å². The zero-order valence-electron chi connectivity index (χ0n) is 15.2. The fraction of sp³-hybridized carbons (Fsp3) is 0.667. The van der Waals surface area contributed by atoms with Crippen LogP contribution in [0.1, 0.15) is 64.0 Å². The molecule has 1 amide bonds. The van der Waals surface area contributed by atoms with Gasteiger partial charge in [0.05, 0.1) is 0 Å². The first-order valence-corrected chi connectivity index (χ1v) is 9.73. The van der Waals surface area contributed by atoms with Gasteiger partial charge in [-0.1, -0.05) is 63.4 Å². The summed E-state index contributed by atoms with van der Waals surface area (Å²) in [5.41, 5.74) is 1.13. The van der Waals surface area contributed by atoms with E-state index in [0.29, 0.717) is 17.9 Å². The van der Waals surface area contributed by atoms with Crippen molar-refractivity contribution in [2.45, 2.75) is 64.5 Å². The fourth-order valence-electron chi connectivity index (χ4n) is 4.61. The molecule has 1 saturated carbocycles. The molecule has 1 aliphatic carbocycles. The summed E-state index contributed by atoms with van der Waals surface area (Å²) < 4.78 is 0. The lowest BCUT2D eigenvalue weighted by molar-refractivity contribution is -0.128. The third kappa shape index (κ3) is 4.38. The van der Waals surface area contributed by atoms with Crippen molar-refractivity contribution in [2.75, 3.05) is 13.1 Å². The van der Waals surface area contributed by atoms with Gasteiger partial charge in [0, 0.05) is 19.1 Å². The predicted octanol–water partition coefficient (Wildman–Crippen LogP) is 4.15. The number of hydrogen-bond donors (Lipinski definition) is 1. The Morgan fingerprint density at radius 1 is 1.04 bits per heavy atom. The monoisotopic (exact) mass is 328 g/mol. The van der Waals surface area contributed by atoms with Crippen molar-refractivity contribution in [1.82, 2.24) is 10.2 Å². The van der Waals surface area contributed by atoms with Crippen LogP contribution in [-0.2, 0) is 4.79 Å². The van der Waals surface area contributed by atoms with E-state index in [2.05, 4.69) is 36.2 Å². The van der Waals surface area contributed by atoms with E-state index in [9.17, 15) is 4.79 Å². The number of hydrogen-bond acceptors (Lipinski definition) is 2. The predicted molar refractivity (Wildman–Crippen MR) is 98.7 cm³/mol.